The van der Waals surface area contributed by atoms with Crippen LogP contribution in [0.3, 0.4) is 0 Å². The zero-order valence-electron chi connectivity index (χ0n) is 8.71. The van der Waals surface area contributed by atoms with Crippen molar-refractivity contribution in [2.45, 2.75) is 0 Å². The summed E-state index contributed by atoms with van der Waals surface area (Å²) in [7, 11) is 1.59. The number of benzene rings is 1. The molecule has 0 unspecified atom stereocenters. The van der Waals surface area contributed by atoms with Gasteiger partial charge in [0.05, 0.1) is 18.7 Å². The van der Waals surface area contributed by atoms with Gasteiger partial charge in [-0.2, -0.15) is 5.26 Å². The maximum Gasteiger partial charge on any atom is 0.119 e. The van der Waals surface area contributed by atoms with Crippen molar-refractivity contribution in [2.24, 2.45) is 0 Å². The smallest absolute Gasteiger partial charge is 0.119 e. The van der Waals surface area contributed by atoms with Gasteiger partial charge in [0.2, 0.25) is 0 Å². The van der Waals surface area contributed by atoms with Crippen molar-refractivity contribution in [1.29, 1.82) is 5.26 Å². The number of methoxy groups -OCH3 is 1. The molecule has 0 saturated carbocycles. The zero-order chi connectivity index (χ0) is 11.4. The predicted molar refractivity (Wildman–Crippen MR) is 58.7 cm³/mol. The highest BCUT2D eigenvalue weighted by Crippen LogP contribution is 2.26. The van der Waals surface area contributed by atoms with Crippen LogP contribution in [-0.4, -0.2) is 17.1 Å². The Labute approximate surface area is 93.2 Å². The van der Waals surface area contributed by atoms with Crippen molar-refractivity contribution in [2.75, 3.05) is 7.11 Å². The van der Waals surface area contributed by atoms with Gasteiger partial charge in [0.1, 0.15) is 12.1 Å². The minimum Gasteiger partial charge on any atom is -0.497 e. The molecule has 0 spiro atoms. The second-order valence-corrected chi connectivity index (χ2v) is 3.15. The average Bonchev–Trinajstić information content (AvgIpc) is 2.39. The Morgan fingerprint density at radius 2 is 2.00 bits per heavy atom. The number of nitrogens with zero attached hydrogens (tertiary/aromatic N) is 3. The molecule has 0 aliphatic carbocycles. The second kappa shape index (κ2) is 4.41. The van der Waals surface area contributed by atoms with Crippen LogP contribution in [0.15, 0.2) is 36.9 Å². The molecule has 2 aromatic rings. The Morgan fingerprint density at radius 1 is 1.25 bits per heavy atom. The molecule has 1 aromatic carbocycles. The van der Waals surface area contributed by atoms with E-state index in [1.807, 2.05) is 0 Å². The summed E-state index contributed by atoms with van der Waals surface area (Å²) < 4.78 is 5.13. The fourth-order valence-corrected chi connectivity index (χ4v) is 1.42. The van der Waals surface area contributed by atoms with Gasteiger partial charge in [0.15, 0.2) is 0 Å². The number of hydrogen-bond acceptors (Lipinski definition) is 4. The first-order chi connectivity index (χ1) is 7.85. The summed E-state index contributed by atoms with van der Waals surface area (Å²) in [5, 5.41) is 9.01. The lowest BCUT2D eigenvalue weighted by molar-refractivity contribution is 0.415. The van der Waals surface area contributed by atoms with Crippen LogP contribution < -0.4 is 4.74 Å². The molecule has 0 N–H and O–H groups in total. The first kappa shape index (κ1) is 10.1. The lowest BCUT2D eigenvalue weighted by Crippen LogP contribution is -1.89. The Bertz CT molecular complexity index is 532. The minimum atomic E-state index is 0.579. The Morgan fingerprint density at radius 3 is 2.62 bits per heavy atom. The highest BCUT2D eigenvalue weighted by atomic mass is 16.5. The molecule has 0 aliphatic rings. The highest BCUT2D eigenvalue weighted by Gasteiger charge is 2.06. The number of rotatable bonds is 2. The fraction of sp³-hybridized carbons (Fsp3) is 0.0833. The molecule has 0 saturated heterocycles. The zero-order valence-corrected chi connectivity index (χ0v) is 8.71. The maximum absolute atomic E-state index is 9.01. The summed E-state index contributed by atoms with van der Waals surface area (Å²) in [6.07, 6.45) is 4.79. The van der Waals surface area contributed by atoms with Crippen molar-refractivity contribution in [3.05, 3.63) is 42.5 Å². The van der Waals surface area contributed by atoms with Crippen LogP contribution in [0.1, 0.15) is 5.56 Å². The molecule has 0 amide bonds. The number of hydrogen-bond donors (Lipinski definition) is 0. The van der Waals surface area contributed by atoms with Gasteiger partial charge in [-0.15, -0.1) is 0 Å². The highest BCUT2D eigenvalue weighted by molar-refractivity contribution is 5.70. The molecule has 0 bridgehead atoms. The topological polar surface area (TPSA) is 58.8 Å². The molecule has 1 heterocycles. The van der Waals surface area contributed by atoms with E-state index in [4.69, 9.17) is 10.00 Å². The van der Waals surface area contributed by atoms with Crippen LogP contribution in [0.4, 0.5) is 0 Å². The molecule has 0 radical (unpaired) electrons. The monoisotopic (exact) mass is 211 g/mol. The van der Waals surface area contributed by atoms with E-state index in [0.717, 1.165) is 11.1 Å². The van der Waals surface area contributed by atoms with E-state index in [1.165, 1.54) is 6.33 Å². The second-order valence-electron chi connectivity index (χ2n) is 3.15. The first-order valence-corrected chi connectivity index (χ1v) is 4.68. The summed E-state index contributed by atoms with van der Waals surface area (Å²) in [6.45, 7) is 0. The van der Waals surface area contributed by atoms with Crippen molar-refractivity contribution < 1.29 is 4.74 Å². The minimum absolute atomic E-state index is 0.579. The van der Waals surface area contributed by atoms with Gasteiger partial charge in [-0.05, 0) is 18.2 Å². The molecule has 2 rings (SSSR count). The lowest BCUT2D eigenvalue weighted by Gasteiger charge is -2.05. The van der Waals surface area contributed by atoms with Gasteiger partial charge < -0.3 is 4.74 Å². The fourth-order valence-electron chi connectivity index (χ4n) is 1.42. The van der Waals surface area contributed by atoms with Gasteiger partial charge in [0, 0.05) is 23.5 Å². The molecule has 16 heavy (non-hydrogen) atoms. The number of aromatic nitrogens is 2. The van der Waals surface area contributed by atoms with Gasteiger partial charge in [-0.1, -0.05) is 0 Å². The van der Waals surface area contributed by atoms with Crippen LogP contribution in [0.2, 0.25) is 0 Å². The van der Waals surface area contributed by atoms with Crippen molar-refractivity contribution >= 4 is 0 Å². The Kier molecular flexibility index (Phi) is 2.79. The van der Waals surface area contributed by atoms with Gasteiger partial charge >= 0.3 is 0 Å². The molecule has 4 nitrogen and oxygen atoms in total. The third-order valence-corrected chi connectivity index (χ3v) is 2.22. The van der Waals surface area contributed by atoms with Crippen LogP contribution in [0.5, 0.6) is 5.75 Å². The Hall–Kier alpha value is -2.41. The summed E-state index contributed by atoms with van der Waals surface area (Å²) >= 11 is 0. The quantitative estimate of drug-likeness (QED) is 0.762. The third kappa shape index (κ3) is 1.84. The van der Waals surface area contributed by atoms with Crippen LogP contribution in [0.25, 0.3) is 11.1 Å². The van der Waals surface area contributed by atoms with Crippen LogP contribution >= 0.6 is 0 Å². The summed E-state index contributed by atoms with van der Waals surface area (Å²) in [5.41, 5.74) is 2.16. The molecular formula is C12H9N3O. The maximum atomic E-state index is 9.01. The van der Waals surface area contributed by atoms with E-state index < -0.39 is 0 Å². The molecule has 0 atom stereocenters. The molecule has 0 aliphatic heterocycles. The molecular weight excluding hydrogens is 202 g/mol. The normalized spacial score (nSPS) is 9.50. The van der Waals surface area contributed by atoms with Crippen molar-refractivity contribution in [1.82, 2.24) is 9.97 Å². The molecule has 1 aromatic heterocycles. The first-order valence-electron chi connectivity index (χ1n) is 4.68. The average molecular weight is 211 g/mol. The summed E-state index contributed by atoms with van der Waals surface area (Å²) in [5.74, 6) is 0.706. The van der Waals surface area contributed by atoms with E-state index >= 15 is 0 Å². The largest absolute Gasteiger partial charge is 0.497 e. The number of ether oxygens (including phenoxy) is 1. The van der Waals surface area contributed by atoms with E-state index in [2.05, 4.69) is 16.0 Å². The lowest BCUT2D eigenvalue weighted by atomic mass is 10.0. The molecule has 78 valence electrons. The SMILES string of the molecule is COc1ccc(C#N)c(-c2cncnc2)c1. The predicted octanol–water partition coefficient (Wildman–Crippen LogP) is 2.02. The summed E-state index contributed by atoms with van der Waals surface area (Å²) in [4.78, 5) is 7.86. The van der Waals surface area contributed by atoms with Crippen LogP contribution in [0, 0.1) is 11.3 Å². The Balaban J connectivity index is 2.59. The third-order valence-electron chi connectivity index (χ3n) is 2.22. The molecule has 0 fully saturated rings. The standard InChI is InChI=1S/C12H9N3O/c1-16-11-3-2-9(5-13)12(4-11)10-6-14-8-15-7-10/h2-4,6-8H,1H3. The van der Waals surface area contributed by atoms with Gasteiger partial charge in [-0.3, -0.25) is 0 Å². The summed E-state index contributed by atoms with van der Waals surface area (Å²) in [6, 6.07) is 7.42. The van der Waals surface area contributed by atoms with E-state index in [9.17, 15) is 0 Å². The van der Waals surface area contributed by atoms with Crippen molar-refractivity contribution in [3.63, 3.8) is 0 Å². The molecule has 4 heteroatoms. The van der Waals surface area contributed by atoms with E-state index in [-0.39, 0.29) is 0 Å². The van der Waals surface area contributed by atoms with Crippen molar-refractivity contribution in [3.8, 4) is 22.9 Å². The van der Waals surface area contributed by atoms with E-state index in [0.29, 0.717) is 11.3 Å². The van der Waals surface area contributed by atoms with Gasteiger partial charge in [0.25, 0.3) is 0 Å². The van der Waals surface area contributed by atoms with Crippen LogP contribution in [-0.2, 0) is 0 Å². The van der Waals surface area contributed by atoms with E-state index in [1.54, 1.807) is 37.7 Å². The number of nitriles is 1. The van der Waals surface area contributed by atoms with Gasteiger partial charge in [-0.25, -0.2) is 9.97 Å².